The summed E-state index contributed by atoms with van der Waals surface area (Å²) in [6.45, 7) is 7.67. The van der Waals surface area contributed by atoms with Crippen LogP contribution in [0.25, 0.3) is 11.3 Å². The van der Waals surface area contributed by atoms with E-state index in [4.69, 9.17) is 14.2 Å². The van der Waals surface area contributed by atoms with Gasteiger partial charge in [-0.2, -0.15) is 5.10 Å². The predicted molar refractivity (Wildman–Crippen MR) is 128 cm³/mol. The zero-order valence-electron chi connectivity index (χ0n) is 19.4. The van der Waals surface area contributed by atoms with Crippen molar-refractivity contribution < 1.29 is 24.1 Å². The van der Waals surface area contributed by atoms with E-state index in [0.717, 1.165) is 11.1 Å². The smallest absolute Gasteiger partial charge is 0.273 e. The number of hydrogen-bond acceptors (Lipinski definition) is 6. The number of phenols is 1. The molecule has 0 radical (unpaired) electrons. The number of fused-ring (bicyclic) bond motifs is 1. The molecule has 2 heterocycles. The number of nitrogens with zero attached hydrogens (tertiary/aromatic N) is 2. The van der Waals surface area contributed by atoms with E-state index in [1.165, 1.54) is 0 Å². The number of methoxy groups -OCH3 is 1. The summed E-state index contributed by atoms with van der Waals surface area (Å²) in [6, 6.07) is 12.2. The third kappa shape index (κ3) is 4.36. The second kappa shape index (κ2) is 10.4. The van der Waals surface area contributed by atoms with Crippen LogP contribution in [0.5, 0.6) is 17.2 Å². The molecule has 2 aromatic carbocycles. The van der Waals surface area contributed by atoms with Gasteiger partial charge in [0.25, 0.3) is 5.91 Å². The molecule has 0 aliphatic carbocycles. The Balaban J connectivity index is 1.79. The van der Waals surface area contributed by atoms with Crippen molar-refractivity contribution in [1.29, 1.82) is 0 Å². The normalized spacial score (nSPS) is 14.8. The van der Waals surface area contributed by atoms with Crippen LogP contribution < -0.4 is 9.47 Å². The average molecular weight is 464 g/mol. The Labute approximate surface area is 198 Å². The molecular weight excluding hydrogens is 434 g/mol. The second-order valence-corrected chi connectivity index (χ2v) is 7.84. The molecule has 0 spiro atoms. The van der Waals surface area contributed by atoms with Gasteiger partial charge >= 0.3 is 0 Å². The maximum absolute atomic E-state index is 13.4. The highest BCUT2D eigenvalue weighted by Crippen LogP contribution is 2.45. The average Bonchev–Trinajstić information content (AvgIpc) is 3.39. The number of hydrogen-bond donors (Lipinski definition) is 2. The van der Waals surface area contributed by atoms with Gasteiger partial charge in [-0.15, -0.1) is 0 Å². The van der Waals surface area contributed by atoms with Crippen molar-refractivity contribution in [3.05, 3.63) is 71.9 Å². The number of H-pyrrole nitrogens is 1. The number of nitrogens with one attached hydrogen (secondary N) is 1. The quantitative estimate of drug-likeness (QED) is 0.325. The Morgan fingerprint density at radius 2 is 2.06 bits per heavy atom. The summed E-state index contributed by atoms with van der Waals surface area (Å²) in [6.07, 6.45) is 2.36. The molecule has 3 aromatic rings. The molecular formula is C26H29N3O5. The third-order valence-corrected chi connectivity index (χ3v) is 5.77. The van der Waals surface area contributed by atoms with Crippen LogP contribution in [0.1, 0.15) is 41.0 Å². The standard InChI is InChI=1S/C26H29N3O5/c1-4-14-34-20-12-11-17(16-21(20)32-3)25-22-23(18-9-6-7-10-19(18)30)27-28-24(22)26(31)29(25)13-8-15-33-5-2/h4,6-7,9-12,16,25,30H,1,5,8,13-15H2,2-3H3,(H,27,28)/t25-/m0/s1. The van der Waals surface area contributed by atoms with Gasteiger partial charge in [-0.25, -0.2) is 0 Å². The lowest BCUT2D eigenvalue weighted by molar-refractivity contribution is 0.0710. The van der Waals surface area contributed by atoms with Crippen LogP contribution >= 0.6 is 0 Å². The molecule has 4 rings (SSSR count). The first-order valence-electron chi connectivity index (χ1n) is 11.3. The Morgan fingerprint density at radius 1 is 1.24 bits per heavy atom. The number of amides is 1. The van der Waals surface area contributed by atoms with E-state index < -0.39 is 6.04 Å². The lowest BCUT2D eigenvalue weighted by atomic mass is 9.95. The number of aromatic hydroxyl groups is 1. The summed E-state index contributed by atoms with van der Waals surface area (Å²) in [4.78, 5) is 15.2. The van der Waals surface area contributed by atoms with Gasteiger partial charge in [0, 0.05) is 30.9 Å². The molecule has 1 aliphatic heterocycles. The van der Waals surface area contributed by atoms with Gasteiger partial charge in [-0.3, -0.25) is 9.89 Å². The number of rotatable bonds is 11. The Hall–Kier alpha value is -3.78. The van der Waals surface area contributed by atoms with E-state index >= 15 is 0 Å². The molecule has 34 heavy (non-hydrogen) atoms. The number of benzene rings is 2. The van der Waals surface area contributed by atoms with Gasteiger partial charge < -0.3 is 24.2 Å². The predicted octanol–water partition coefficient (Wildman–Crippen LogP) is 4.33. The van der Waals surface area contributed by atoms with Gasteiger partial charge in [0.05, 0.1) is 13.2 Å². The summed E-state index contributed by atoms with van der Waals surface area (Å²) < 4.78 is 16.8. The number of para-hydroxylation sites is 1. The summed E-state index contributed by atoms with van der Waals surface area (Å²) in [7, 11) is 1.58. The minimum Gasteiger partial charge on any atom is -0.507 e. The molecule has 1 atom stereocenters. The van der Waals surface area contributed by atoms with Gasteiger partial charge in [0.15, 0.2) is 11.5 Å². The molecule has 178 valence electrons. The molecule has 8 heteroatoms. The largest absolute Gasteiger partial charge is 0.507 e. The SMILES string of the molecule is C=CCOc1ccc([C@H]2c3c(-c4ccccc4O)n[nH]c3C(=O)N2CCCOCC)cc1OC. The van der Waals surface area contributed by atoms with E-state index in [2.05, 4.69) is 16.8 Å². The van der Waals surface area contributed by atoms with Crippen molar-refractivity contribution >= 4 is 5.91 Å². The zero-order valence-corrected chi connectivity index (χ0v) is 19.4. The maximum atomic E-state index is 13.4. The minimum absolute atomic E-state index is 0.101. The first-order chi connectivity index (χ1) is 16.6. The fourth-order valence-electron chi connectivity index (χ4n) is 4.26. The van der Waals surface area contributed by atoms with Crippen molar-refractivity contribution in [3.63, 3.8) is 0 Å². The van der Waals surface area contributed by atoms with Crippen LogP contribution in [0.15, 0.2) is 55.1 Å². The number of aromatic nitrogens is 2. The number of phenolic OH excluding ortho intramolecular Hbond substituents is 1. The van der Waals surface area contributed by atoms with Crippen LogP contribution in [-0.4, -0.2) is 59.6 Å². The molecule has 8 nitrogen and oxygen atoms in total. The highest BCUT2D eigenvalue weighted by Gasteiger charge is 2.42. The van der Waals surface area contributed by atoms with E-state index in [1.807, 2.05) is 36.1 Å². The molecule has 0 fully saturated rings. The van der Waals surface area contributed by atoms with Crippen LogP contribution in [-0.2, 0) is 4.74 Å². The van der Waals surface area contributed by atoms with Crippen LogP contribution in [0.2, 0.25) is 0 Å². The maximum Gasteiger partial charge on any atom is 0.273 e. The van der Waals surface area contributed by atoms with Gasteiger partial charge in [0.2, 0.25) is 0 Å². The Morgan fingerprint density at radius 3 is 2.79 bits per heavy atom. The van der Waals surface area contributed by atoms with E-state index in [1.54, 1.807) is 31.4 Å². The lowest BCUT2D eigenvalue weighted by Gasteiger charge is -2.27. The summed E-state index contributed by atoms with van der Waals surface area (Å²) in [5.41, 5.74) is 3.11. The summed E-state index contributed by atoms with van der Waals surface area (Å²) in [5.74, 6) is 1.11. The first-order valence-corrected chi connectivity index (χ1v) is 11.3. The summed E-state index contributed by atoms with van der Waals surface area (Å²) >= 11 is 0. The fraction of sp³-hybridized carbons (Fsp3) is 0.308. The number of ether oxygens (including phenoxy) is 3. The second-order valence-electron chi connectivity index (χ2n) is 7.84. The van der Waals surface area contributed by atoms with Crippen molar-refractivity contribution in [2.75, 3.05) is 33.5 Å². The van der Waals surface area contributed by atoms with Crippen molar-refractivity contribution in [3.8, 4) is 28.5 Å². The molecule has 1 aromatic heterocycles. The number of carbonyl (C=O) groups is 1. The van der Waals surface area contributed by atoms with Crippen molar-refractivity contribution in [1.82, 2.24) is 15.1 Å². The molecule has 0 saturated heterocycles. The van der Waals surface area contributed by atoms with Crippen molar-refractivity contribution in [2.45, 2.75) is 19.4 Å². The lowest BCUT2D eigenvalue weighted by Crippen LogP contribution is -2.31. The van der Waals surface area contributed by atoms with Crippen LogP contribution in [0, 0.1) is 0 Å². The monoisotopic (exact) mass is 463 g/mol. The Bertz CT molecular complexity index is 1170. The zero-order chi connectivity index (χ0) is 24.1. The number of carbonyl (C=O) groups excluding carboxylic acids is 1. The molecule has 0 unspecified atom stereocenters. The van der Waals surface area contributed by atoms with Gasteiger partial charge in [-0.1, -0.05) is 30.9 Å². The van der Waals surface area contributed by atoms with E-state index in [0.29, 0.717) is 61.2 Å². The van der Waals surface area contributed by atoms with E-state index in [9.17, 15) is 9.90 Å². The highest BCUT2D eigenvalue weighted by atomic mass is 16.5. The molecule has 1 amide bonds. The van der Waals surface area contributed by atoms with Crippen molar-refractivity contribution in [2.24, 2.45) is 0 Å². The van der Waals surface area contributed by atoms with Gasteiger partial charge in [0.1, 0.15) is 23.7 Å². The van der Waals surface area contributed by atoms with Crippen LogP contribution in [0.4, 0.5) is 0 Å². The fourth-order valence-corrected chi connectivity index (χ4v) is 4.26. The minimum atomic E-state index is -0.417. The third-order valence-electron chi connectivity index (χ3n) is 5.77. The molecule has 0 bridgehead atoms. The number of aromatic amines is 1. The Kier molecular flexibility index (Phi) is 7.18. The molecule has 0 saturated carbocycles. The summed E-state index contributed by atoms with van der Waals surface area (Å²) in [5, 5.41) is 17.8. The molecule has 2 N–H and O–H groups in total. The van der Waals surface area contributed by atoms with E-state index in [-0.39, 0.29) is 11.7 Å². The molecule has 1 aliphatic rings. The topological polar surface area (TPSA) is 96.9 Å². The first kappa shape index (κ1) is 23.4. The van der Waals surface area contributed by atoms with Gasteiger partial charge in [-0.05, 0) is 43.2 Å². The van der Waals surface area contributed by atoms with Crippen LogP contribution in [0.3, 0.4) is 0 Å². The highest BCUT2D eigenvalue weighted by molar-refractivity contribution is 6.00.